The first kappa shape index (κ1) is 20.4. The number of hydrogen-bond acceptors (Lipinski definition) is 8. The molecule has 1 saturated heterocycles. The Morgan fingerprint density at radius 1 is 1.21 bits per heavy atom. The van der Waals surface area contributed by atoms with Crippen LogP contribution in [0.1, 0.15) is 33.1 Å². The summed E-state index contributed by atoms with van der Waals surface area (Å²) in [6, 6.07) is 0. The van der Waals surface area contributed by atoms with Gasteiger partial charge in [0.25, 0.3) is 0 Å². The van der Waals surface area contributed by atoms with Crippen molar-refractivity contribution in [1.29, 1.82) is 0 Å². The van der Waals surface area contributed by atoms with Gasteiger partial charge in [-0.3, -0.25) is 14.4 Å². The van der Waals surface area contributed by atoms with Crippen LogP contribution in [0.5, 0.6) is 0 Å². The summed E-state index contributed by atoms with van der Waals surface area (Å²) in [5.41, 5.74) is -1.23. The summed E-state index contributed by atoms with van der Waals surface area (Å²) in [7, 11) is 2.50. The molecule has 0 spiro atoms. The summed E-state index contributed by atoms with van der Waals surface area (Å²) in [6.45, 7) is 7.37. The van der Waals surface area contributed by atoms with Gasteiger partial charge < -0.3 is 18.9 Å². The van der Waals surface area contributed by atoms with Gasteiger partial charge in [-0.15, -0.1) is 0 Å². The Kier molecular flexibility index (Phi) is 5.25. The first-order valence-corrected chi connectivity index (χ1v) is 9.45. The van der Waals surface area contributed by atoms with Crippen LogP contribution in [0.4, 0.5) is 0 Å². The first-order chi connectivity index (χ1) is 13.2. The van der Waals surface area contributed by atoms with Crippen molar-refractivity contribution in [2.24, 2.45) is 29.6 Å². The number of carbonyl (C=O) groups is 4. The Balaban J connectivity index is 1.98. The van der Waals surface area contributed by atoms with E-state index in [1.54, 1.807) is 0 Å². The van der Waals surface area contributed by atoms with E-state index < -0.39 is 53.3 Å². The molecule has 28 heavy (non-hydrogen) atoms. The molecule has 0 aromatic heterocycles. The van der Waals surface area contributed by atoms with Gasteiger partial charge in [0, 0.05) is 17.4 Å². The average molecular weight is 394 g/mol. The van der Waals surface area contributed by atoms with Crippen LogP contribution >= 0.6 is 0 Å². The van der Waals surface area contributed by atoms with Gasteiger partial charge in [-0.25, -0.2) is 4.79 Å². The molecule has 1 heterocycles. The lowest BCUT2D eigenvalue weighted by molar-refractivity contribution is -0.233. The second-order valence-electron chi connectivity index (χ2n) is 8.03. The highest BCUT2D eigenvalue weighted by atomic mass is 16.6. The van der Waals surface area contributed by atoms with Crippen LogP contribution in [0, 0.1) is 29.6 Å². The fourth-order valence-corrected chi connectivity index (χ4v) is 5.35. The monoisotopic (exact) mass is 394 g/mol. The minimum Gasteiger partial charge on any atom is -0.469 e. The van der Waals surface area contributed by atoms with Crippen molar-refractivity contribution in [3.8, 4) is 0 Å². The number of hydrogen-bond donors (Lipinski definition) is 0. The van der Waals surface area contributed by atoms with E-state index in [0.29, 0.717) is 12.8 Å². The van der Waals surface area contributed by atoms with Gasteiger partial charge >= 0.3 is 23.9 Å². The summed E-state index contributed by atoms with van der Waals surface area (Å²) < 4.78 is 21.2. The third-order valence-corrected chi connectivity index (χ3v) is 6.54. The molecule has 0 amide bonds. The zero-order valence-corrected chi connectivity index (χ0v) is 16.6. The third-order valence-electron chi connectivity index (χ3n) is 6.54. The number of methoxy groups -OCH3 is 2. The minimum atomic E-state index is -1.18. The van der Waals surface area contributed by atoms with E-state index in [9.17, 15) is 19.2 Å². The van der Waals surface area contributed by atoms with Crippen LogP contribution in [0.3, 0.4) is 0 Å². The maximum atomic E-state index is 12.8. The molecule has 8 heteroatoms. The van der Waals surface area contributed by atoms with Crippen LogP contribution in [0.15, 0.2) is 12.2 Å². The van der Waals surface area contributed by atoms with Crippen LogP contribution < -0.4 is 0 Å². The summed E-state index contributed by atoms with van der Waals surface area (Å²) >= 11 is 0. The van der Waals surface area contributed by atoms with Crippen molar-refractivity contribution in [2.75, 3.05) is 14.2 Å². The quantitative estimate of drug-likeness (QED) is 0.378. The lowest BCUT2D eigenvalue weighted by Gasteiger charge is -2.56. The third kappa shape index (κ3) is 2.81. The maximum Gasteiger partial charge on any atom is 0.334 e. The Morgan fingerprint density at radius 3 is 2.46 bits per heavy atom. The van der Waals surface area contributed by atoms with Crippen LogP contribution in [-0.4, -0.2) is 49.8 Å². The largest absolute Gasteiger partial charge is 0.469 e. The van der Waals surface area contributed by atoms with Crippen molar-refractivity contribution in [3.05, 3.63) is 12.2 Å². The number of fused-ring (bicyclic) bond motifs is 1. The molecule has 8 nitrogen and oxygen atoms in total. The molecule has 0 radical (unpaired) electrons. The van der Waals surface area contributed by atoms with Gasteiger partial charge in [0.15, 0.2) is 5.60 Å². The average Bonchev–Trinajstić information content (AvgIpc) is 2.97. The second-order valence-corrected chi connectivity index (χ2v) is 8.03. The summed E-state index contributed by atoms with van der Waals surface area (Å²) in [5.74, 6) is -4.46. The molecule has 4 aliphatic rings. The van der Waals surface area contributed by atoms with E-state index >= 15 is 0 Å². The standard InChI is InChI=1S/C20H26O8/c1-9(2)20(28-17(22)10(3)8-13(21)25-4)12-7-6-11-14(15(12)18(23)26-5)19(24)27-16(11)20/h9,11-12,14-16H,3,6-8H2,1-2,4-5H3. The fourth-order valence-electron chi connectivity index (χ4n) is 5.35. The van der Waals surface area contributed by atoms with Crippen molar-refractivity contribution in [2.45, 2.75) is 44.8 Å². The molecule has 154 valence electrons. The van der Waals surface area contributed by atoms with E-state index in [0.717, 1.165) is 0 Å². The highest BCUT2D eigenvalue weighted by Crippen LogP contribution is 2.62. The first-order valence-electron chi connectivity index (χ1n) is 9.45. The predicted octanol–water partition coefficient (Wildman–Crippen LogP) is 1.41. The van der Waals surface area contributed by atoms with E-state index in [2.05, 4.69) is 11.3 Å². The zero-order valence-electron chi connectivity index (χ0n) is 16.6. The summed E-state index contributed by atoms with van der Waals surface area (Å²) in [4.78, 5) is 49.4. The molecule has 4 fully saturated rings. The Labute approximate surface area is 163 Å². The molecule has 6 atom stereocenters. The van der Waals surface area contributed by atoms with Crippen molar-refractivity contribution in [1.82, 2.24) is 0 Å². The molecule has 3 aliphatic carbocycles. The topological polar surface area (TPSA) is 105 Å². The van der Waals surface area contributed by atoms with Gasteiger partial charge in [0.1, 0.15) is 6.10 Å². The maximum absolute atomic E-state index is 12.8. The fraction of sp³-hybridized carbons (Fsp3) is 0.700. The number of rotatable bonds is 6. The molecule has 0 aromatic carbocycles. The second kappa shape index (κ2) is 7.22. The highest BCUT2D eigenvalue weighted by Gasteiger charge is 2.73. The number of esters is 4. The summed E-state index contributed by atoms with van der Waals surface area (Å²) in [5, 5.41) is 0. The van der Waals surface area contributed by atoms with Crippen LogP contribution in [0.2, 0.25) is 0 Å². The SMILES string of the molecule is C=C(CC(=O)OC)C(=O)OC1(C(C)C)C2CCC3C(C(=O)OC31)C2C(=O)OC. The van der Waals surface area contributed by atoms with E-state index in [-0.39, 0.29) is 23.8 Å². The lowest BCUT2D eigenvalue weighted by Crippen LogP contribution is -2.67. The van der Waals surface area contributed by atoms with Gasteiger partial charge in [0.05, 0.1) is 32.5 Å². The van der Waals surface area contributed by atoms with Crippen molar-refractivity contribution < 1.29 is 38.1 Å². The molecular weight excluding hydrogens is 368 g/mol. The Morgan fingerprint density at radius 2 is 1.89 bits per heavy atom. The van der Waals surface area contributed by atoms with E-state index in [1.807, 2.05) is 13.8 Å². The predicted molar refractivity (Wildman–Crippen MR) is 94.5 cm³/mol. The normalized spacial score (nSPS) is 35.3. The highest BCUT2D eigenvalue weighted by molar-refractivity contribution is 5.94. The van der Waals surface area contributed by atoms with E-state index in [4.69, 9.17) is 14.2 Å². The molecule has 6 unspecified atom stereocenters. The van der Waals surface area contributed by atoms with Crippen LogP contribution in [-0.2, 0) is 38.1 Å². The van der Waals surface area contributed by atoms with Gasteiger partial charge in [-0.05, 0) is 18.8 Å². The van der Waals surface area contributed by atoms with Crippen LogP contribution in [0.25, 0.3) is 0 Å². The molecule has 4 rings (SSSR count). The molecule has 4 bridgehead atoms. The van der Waals surface area contributed by atoms with Crippen molar-refractivity contribution in [3.63, 3.8) is 0 Å². The lowest BCUT2D eigenvalue weighted by atomic mass is 9.50. The van der Waals surface area contributed by atoms with Gasteiger partial charge in [-0.1, -0.05) is 20.4 Å². The minimum absolute atomic E-state index is 0.0520. The van der Waals surface area contributed by atoms with Gasteiger partial charge in [-0.2, -0.15) is 0 Å². The molecule has 3 saturated carbocycles. The van der Waals surface area contributed by atoms with Crippen molar-refractivity contribution >= 4 is 23.9 Å². The molecule has 0 aromatic rings. The molecular formula is C20H26O8. The zero-order chi connectivity index (χ0) is 20.8. The van der Waals surface area contributed by atoms with Gasteiger partial charge in [0.2, 0.25) is 0 Å². The Hall–Kier alpha value is -2.38. The van der Waals surface area contributed by atoms with E-state index in [1.165, 1.54) is 14.2 Å². The smallest absolute Gasteiger partial charge is 0.334 e. The number of ether oxygens (including phenoxy) is 4. The summed E-state index contributed by atoms with van der Waals surface area (Å²) in [6.07, 6.45) is 0.405. The molecule has 0 N–H and O–H groups in total. The Bertz CT molecular complexity index is 726. The number of carbonyl (C=O) groups excluding carboxylic acids is 4. The molecule has 1 aliphatic heterocycles.